The number of nitrogen functional groups attached to an aromatic ring is 1. The number of fused-ring (bicyclic) bond motifs is 1. The van der Waals surface area contributed by atoms with Crippen molar-refractivity contribution in [2.24, 2.45) is 0 Å². The van der Waals surface area contributed by atoms with E-state index in [2.05, 4.69) is 15.0 Å². The third kappa shape index (κ3) is 3.07. The first-order valence-corrected chi connectivity index (χ1v) is 10.3. The van der Waals surface area contributed by atoms with E-state index in [1.165, 1.54) is 18.5 Å². The second-order valence-corrected chi connectivity index (χ2v) is 8.79. The van der Waals surface area contributed by atoms with Crippen LogP contribution in [0.25, 0.3) is 11.0 Å². The Balaban J connectivity index is 1.87. The van der Waals surface area contributed by atoms with Crippen molar-refractivity contribution in [1.82, 2.24) is 15.0 Å². The zero-order valence-corrected chi connectivity index (χ0v) is 16.4. The van der Waals surface area contributed by atoms with Gasteiger partial charge in [0.2, 0.25) is 9.84 Å². The maximum atomic E-state index is 13.8. The largest absolute Gasteiger partial charge is 0.384 e. The second kappa shape index (κ2) is 6.87. The Hall–Kier alpha value is -2.43. The van der Waals surface area contributed by atoms with E-state index in [1.54, 1.807) is 0 Å². The summed E-state index contributed by atoms with van der Waals surface area (Å²) in [7, 11) is -4.14. The molecular weight excluding hydrogens is 409 g/mol. The lowest BCUT2D eigenvalue weighted by atomic mass is 10.3. The number of nitrogens with one attached hydrogen (secondary N) is 1. The van der Waals surface area contributed by atoms with Crippen molar-refractivity contribution in [3.05, 3.63) is 35.4 Å². The smallest absolute Gasteiger partial charge is 0.212 e. The van der Waals surface area contributed by atoms with Crippen molar-refractivity contribution in [1.29, 1.82) is 0 Å². The Bertz CT molecular complexity index is 1170. The van der Waals surface area contributed by atoms with E-state index in [4.69, 9.17) is 22.1 Å². The number of benzene rings is 1. The van der Waals surface area contributed by atoms with Gasteiger partial charge in [-0.1, -0.05) is 11.6 Å². The number of H-pyrrole nitrogens is 1. The molecule has 0 bridgehead atoms. The summed E-state index contributed by atoms with van der Waals surface area (Å²) in [4.78, 5) is 12.8. The van der Waals surface area contributed by atoms with E-state index in [9.17, 15) is 12.8 Å². The highest BCUT2D eigenvalue weighted by Gasteiger charge is 2.30. The third-order valence-corrected chi connectivity index (χ3v) is 6.69. The van der Waals surface area contributed by atoms with Crippen molar-refractivity contribution in [2.75, 3.05) is 30.3 Å². The molecule has 3 heterocycles. The molecule has 0 aliphatic carbocycles. The van der Waals surface area contributed by atoms with Crippen LogP contribution in [0.5, 0.6) is 0 Å². The number of nitrogens with zero attached hydrogens (tertiary/aromatic N) is 3. The predicted octanol–water partition coefficient (Wildman–Crippen LogP) is 2.39. The highest BCUT2D eigenvalue weighted by atomic mass is 35.5. The fraction of sp³-hybridized carbons (Fsp3) is 0.294. The molecule has 0 spiro atoms. The van der Waals surface area contributed by atoms with Crippen molar-refractivity contribution < 1.29 is 17.5 Å². The Kier molecular flexibility index (Phi) is 4.64. The average Bonchev–Trinajstić information content (AvgIpc) is 3.00. The van der Waals surface area contributed by atoms with Gasteiger partial charge in [0.1, 0.15) is 33.9 Å². The van der Waals surface area contributed by atoms with Gasteiger partial charge in [0.25, 0.3) is 0 Å². The fourth-order valence-electron chi connectivity index (χ4n) is 3.27. The lowest BCUT2D eigenvalue weighted by Gasteiger charge is -2.32. The number of rotatable bonds is 3. The minimum atomic E-state index is -4.14. The summed E-state index contributed by atoms with van der Waals surface area (Å²) < 4.78 is 45.6. The van der Waals surface area contributed by atoms with Gasteiger partial charge < -0.3 is 20.4 Å². The summed E-state index contributed by atoms with van der Waals surface area (Å²) in [5, 5.41) is -0.170. The number of aromatic amines is 1. The van der Waals surface area contributed by atoms with E-state index >= 15 is 0 Å². The normalized spacial score (nSPS) is 18.0. The first-order chi connectivity index (χ1) is 13.3. The fourth-order valence-corrected chi connectivity index (χ4v) is 4.88. The van der Waals surface area contributed by atoms with Crippen LogP contribution in [0.15, 0.2) is 34.3 Å². The summed E-state index contributed by atoms with van der Waals surface area (Å²) in [6.07, 6.45) is 1.29. The number of anilines is 2. The van der Waals surface area contributed by atoms with E-state index < -0.39 is 15.7 Å². The van der Waals surface area contributed by atoms with Gasteiger partial charge >= 0.3 is 0 Å². The quantitative estimate of drug-likeness (QED) is 0.662. The van der Waals surface area contributed by atoms with Crippen LogP contribution in [0.1, 0.15) is 6.92 Å². The molecule has 28 heavy (non-hydrogen) atoms. The lowest BCUT2D eigenvalue weighted by Crippen LogP contribution is -2.41. The average molecular weight is 426 g/mol. The number of aromatic nitrogens is 3. The number of nitrogens with two attached hydrogens (primary N) is 1. The maximum Gasteiger partial charge on any atom is 0.212 e. The van der Waals surface area contributed by atoms with Gasteiger partial charge in [0, 0.05) is 13.1 Å². The Morgan fingerprint density at radius 2 is 2.18 bits per heavy atom. The molecule has 3 aromatic rings. The molecule has 1 atom stereocenters. The molecule has 1 aliphatic rings. The molecule has 8 nitrogen and oxygen atoms in total. The lowest BCUT2D eigenvalue weighted by molar-refractivity contribution is 0.0530. The Labute approximate surface area is 165 Å². The first kappa shape index (κ1) is 18.9. The summed E-state index contributed by atoms with van der Waals surface area (Å²) >= 11 is 5.66. The summed E-state index contributed by atoms with van der Waals surface area (Å²) in [5.74, 6) is -0.386. The van der Waals surface area contributed by atoms with Crippen molar-refractivity contribution in [3.8, 4) is 0 Å². The van der Waals surface area contributed by atoms with Crippen LogP contribution in [0.4, 0.5) is 16.0 Å². The van der Waals surface area contributed by atoms with Crippen LogP contribution >= 0.6 is 11.6 Å². The van der Waals surface area contributed by atoms with Gasteiger partial charge in [-0.3, -0.25) is 0 Å². The van der Waals surface area contributed by atoms with Crippen LogP contribution in [0.2, 0.25) is 5.02 Å². The van der Waals surface area contributed by atoms with E-state index in [0.29, 0.717) is 31.0 Å². The van der Waals surface area contributed by atoms with Crippen molar-refractivity contribution in [3.63, 3.8) is 0 Å². The Morgan fingerprint density at radius 1 is 1.39 bits per heavy atom. The van der Waals surface area contributed by atoms with Gasteiger partial charge in [-0.05, 0) is 25.1 Å². The molecule has 1 unspecified atom stereocenters. The summed E-state index contributed by atoms with van der Waals surface area (Å²) in [5.41, 5.74) is 6.56. The third-order valence-electron chi connectivity index (χ3n) is 4.56. The summed E-state index contributed by atoms with van der Waals surface area (Å²) in [6, 6.07) is 3.27. The molecule has 4 rings (SSSR count). The zero-order valence-electron chi connectivity index (χ0n) is 14.8. The van der Waals surface area contributed by atoms with E-state index in [1.807, 2.05) is 11.8 Å². The SMILES string of the molecule is CC1CN(c2ncnc3c(S(=O)(=O)c4ccc(Cl)c(F)c4)c(N)[nH]c23)CCO1. The molecule has 1 fully saturated rings. The molecule has 148 valence electrons. The van der Waals surface area contributed by atoms with Crippen LogP contribution in [0, 0.1) is 5.82 Å². The van der Waals surface area contributed by atoms with Crippen LogP contribution in [0.3, 0.4) is 0 Å². The van der Waals surface area contributed by atoms with Gasteiger partial charge in [0.15, 0.2) is 5.82 Å². The number of hydrogen-bond acceptors (Lipinski definition) is 7. The molecule has 0 amide bonds. The van der Waals surface area contributed by atoms with Gasteiger partial charge in [-0.15, -0.1) is 0 Å². The Morgan fingerprint density at radius 3 is 2.89 bits per heavy atom. The highest BCUT2D eigenvalue weighted by Crippen LogP contribution is 2.36. The minimum absolute atomic E-state index is 0.00585. The first-order valence-electron chi connectivity index (χ1n) is 8.48. The van der Waals surface area contributed by atoms with Crippen LogP contribution in [-0.2, 0) is 14.6 Å². The maximum absolute atomic E-state index is 13.8. The number of hydrogen-bond donors (Lipinski definition) is 2. The standard InChI is InChI=1S/C17H17ClFN5O3S/c1-9-7-24(4-5-27-9)17-14-13(21-8-22-17)15(16(20)23-14)28(25,26)10-2-3-11(18)12(19)6-10/h2-3,6,8-9,23H,4-5,7,20H2,1H3. The molecule has 1 saturated heterocycles. The number of ether oxygens (including phenoxy) is 1. The molecule has 0 saturated carbocycles. The van der Waals surface area contributed by atoms with E-state index in [-0.39, 0.29) is 32.3 Å². The van der Waals surface area contributed by atoms with Crippen molar-refractivity contribution >= 4 is 44.1 Å². The molecule has 2 aromatic heterocycles. The van der Waals surface area contributed by atoms with Crippen molar-refractivity contribution in [2.45, 2.75) is 22.8 Å². The molecule has 1 aromatic carbocycles. The number of morpholine rings is 1. The predicted molar refractivity (Wildman–Crippen MR) is 103 cm³/mol. The second-order valence-electron chi connectivity index (χ2n) is 6.50. The van der Waals surface area contributed by atoms with Crippen LogP contribution in [-0.4, -0.2) is 49.2 Å². The zero-order chi connectivity index (χ0) is 20.1. The molecule has 1 aliphatic heterocycles. The minimum Gasteiger partial charge on any atom is -0.384 e. The molecular formula is C17H17ClFN5O3S. The molecule has 11 heteroatoms. The molecule has 3 N–H and O–H groups in total. The highest BCUT2D eigenvalue weighted by molar-refractivity contribution is 7.92. The monoisotopic (exact) mass is 425 g/mol. The van der Waals surface area contributed by atoms with Crippen LogP contribution < -0.4 is 10.6 Å². The van der Waals surface area contributed by atoms with Gasteiger partial charge in [-0.25, -0.2) is 22.8 Å². The molecule has 0 radical (unpaired) electrons. The number of halogens is 2. The summed E-state index contributed by atoms with van der Waals surface area (Å²) in [6.45, 7) is 3.66. The van der Waals surface area contributed by atoms with Gasteiger partial charge in [-0.2, -0.15) is 0 Å². The van der Waals surface area contributed by atoms with E-state index in [0.717, 1.165) is 6.07 Å². The van der Waals surface area contributed by atoms with Gasteiger partial charge in [0.05, 0.1) is 22.6 Å². The topological polar surface area (TPSA) is 114 Å². The number of sulfone groups is 1.